The van der Waals surface area contributed by atoms with Crippen LogP contribution in [0.2, 0.25) is 0 Å². The van der Waals surface area contributed by atoms with Gasteiger partial charge in [0, 0.05) is 31.5 Å². The Balaban J connectivity index is 1.17. The van der Waals surface area contributed by atoms with Gasteiger partial charge in [-0.15, -0.1) is 5.10 Å². The highest BCUT2D eigenvalue weighted by Crippen LogP contribution is 2.72. The molecule has 0 spiro atoms. The fraction of sp³-hybridized carbons (Fsp3) is 0.524. The van der Waals surface area contributed by atoms with Crippen molar-refractivity contribution in [3.63, 3.8) is 0 Å². The number of ketones is 1. The Morgan fingerprint density at radius 2 is 1.96 bits per heavy atom. The molecule has 3 atom stereocenters. The molecule has 3 aliphatic rings. The van der Waals surface area contributed by atoms with Crippen LogP contribution in [0.5, 0.6) is 0 Å². The third-order valence-corrected chi connectivity index (χ3v) is 6.75. The van der Waals surface area contributed by atoms with Crippen molar-refractivity contribution in [3.05, 3.63) is 47.8 Å². The predicted octanol–water partition coefficient (Wildman–Crippen LogP) is 2.77. The van der Waals surface area contributed by atoms with E-state index >= 15 is 0 Å². The number of carbonyl (C=O) groups excluding carboxylic acids is 2. The second-order valence-corrected chi connectivity index (χ2v) is 8.34. The maximum Gasteiger partial charge on any atom is 0.226 e. The normalized spacial score (nSPS) is 29.7. The SMILES string of the molecule is O=C1CCC(c2cn([C@@H]3C[C@@]4(C(=O)NCc5ccccc5)C[C@@H]34)nn2)CC1. The van der Waals surface area contributed by atoms with E-state index in [1.165, 1.54) is 0 Å². The molecule has 6 heteroatoms. The average Bonchev–Trinajstić information content (AvgIpc) is 3.04. The van der Waals surface area contributed by atoms with E-state index < -0.39 is 0 Å². The Morgan fingerprint density at radius 3 is 2.70 bits per heavy atom. The number of amides is 1. The maximum atomic E-state index is 12.6. The highest BCUT2D eigenvalue weighted by Gasteiger charge is 2.72. The summed E-state index contributed by atoms with van der Waals surface area (Å²) in [5, 5.41) is 11.8. The minimum Gasteiger partial charge on any atom is -0.352 e. The summed E-state index contributed by atoms with van der Waals surface area (Å²) in [4.78, 5) is 24.1. The number of benzene rings is 1. The molecule has 0 aliphatic heterocycles. The summed E-state index contributed by atoms with van der Waals surface area (Å²) in [5.41, 5.74) is 1.96. The standard InChI is InChI=1S/C21H24N4O2/c26-16-8-6-15(7-9-16)18-13-25(24-23-18)19-11-21(10-17(19)21)20(27)22-12-14-4-2-1-3-5-14/h1-5,13,15,17,19H,6-12H2,(H,22,27)/t17-,19+,21-/m0/s1. The maximum absolute atomic E-state index is 12.6. The van der Waals surface area contributed by atoms with Gasteiger partial charge in [0.1, 0.15) is 5.78 Å². The molecule has 1 aromatic heterocycles. The molecule has 0 unspecified atom stereocenters. The molecule has 6 nitrogen and oxygen atoms in total. The first-order valence-electron chi connectivity index (χ1n) is 9.91. The van der Waals surface area contributed by atoms with Crippen molar-refractivity contribution < 1.29 is 9.59 Å². The minimum absolute atomic E-state index is 0.178. The highest BCUT2D eigenvalue weighted by molar-refractivity contribution is 5.87. The third-order valence-electron chi connectivity index (χ3n) is 6.75. The number of carbonyl (C=O) groups is 2. The van der Waals surface area contributed by atoms with Crippen LogP contribution in [0.25, 0.3) is 0 Å². The Kier molecular flexibility index (Phi) is 3.88. The van der Waals surface area contributed by atoms with E-state index in [-0.39, 0.29) is 11.3 Å². The van der Waals surface area contributed by atoms with Crippen LogP contribution >= 0.6 is 0 Å². The Hall–Kier alpha value is -2.50. The summed E-state index contributed by atoms with van der Waals surface area (Å²) >= 11 is 0. The largest absolute Gasteiger partial charge is 0.352 e. The van der Waals surface area contributed by atoms with Gasteiger partial charge in [-0.1, -0.05) is 35.5 Å². The molecular weight excluding hydrogens is 340 g/mol. The molecule has 3 fully saturated rings. The smallest absolute Gasteiger partial charge is 0.226 e. The van der Waals surface area contributed by atoms with E-state index in [1.54, 1.807) is 0 Å². The van der Waals surface area contributed by atoms with Gasteiger partial charge in [-0.2, -0.15) is 0 Å². The molecule has 0 bridgehead atoms. The van der Waals surface area contributed by atoms with Crippen molar-refractivity contribution >= 4 is 11.7 Å². The summed E-state index contributed by atoms with van der Waals surface area (Å²) in [6.07, 6.45) is 6.95. The van der Waals surface area contributed by atoms with Crippen molar-refractivity contribution in [3.8, 4) is 0 Å². The summed E-state index contributed by atoms with van der Waals surface area (Å²) < 4.78 is 1.96. The van der Waals surface area contributed by atoms with Crippen molar-refractivity contribution in [2.45, 2.75) is 57.0 Å². The summed E-state index contributed by atoms with van der Waals surface area (Å²) in [7, 11) is 0. The molecule has 1 heterocycles. The van der Waals surface area contributed by atoms with E-state index in [9.17, 15) is 9.59 Å². The summed E-state index contributed by atoms with van der Waals surface area (Å²) in [5.74, 6) is 1.28. The quantitative estimate of drug-likeness (QED) is 0.885. The average molecular weight is 364 g/mol. The Bertz CT molecular complexity index is 867. The van der Waals surface area contributed by atoms with Crippen LogP contribution in [0.4, 0.5) is 0 Å². The van der Waals surface area contributed by atoms with Gasteiger partial charge in [0.15, 0.2) is 0 Å². The van der Waals surface area contributed by atoms with Crippen LogP contribution in [0.15, 0.2) is 36.5 Å². The lowest BCUT2D eigenvalue weighted by molar-refractivity contribution is -0.130. The molecule has 1 N–H and O–H groups in total. The van der Waals surface area contributed by atoms with Crippen molar-refractivity contribution in [2.75, 3.05) is 0 Å². The first kappa shape index (κ1) is 16.7. The molecular formula is C21H24N4O2. The number of hydrogen-bond donors (Lipinski definition) is 1. The number of hydrogen-bond acceptors (Lipinski definition) is 4. The highest BCUT2D eigenvalue weighted by atomic mass is 16.2. The van der Waals surface area contributed by atoms with E-state index in [2.05, 4.69) is 21.8 Å². The molecule has 0 saturated heterocycles. The Labute approximate surface area is 158 Å². The minimum atomic E-state index is -0.178. The predicted molar refractivity (Wildman–Crippen MR) is 98.7 cm³/mol. The van der Waals surface area contributed by atoms with E-state index in [1.807, 2.05) is 35.0 Å². The van der Waals surface area contributed by atoms with Crippen LogP contribution in [-0.2, 0) is 16.1 Å². The number of rotatable bonds is 5. The van der Waals surface area contributed by atoms with Crippen LogP contribution in [0.3, 0.4) is 0 Å². The van der Waals surface area contributed by atoms with Crippen LogP contribution < -0.4 is 5.32 Å². The van der Waals surface area contributed by atoms with Gasteiger partial charge in [0.25, 0.3) is 0 Å². The molecule has 5 rings (SSSR count). The van der Waals surface area contributed by atoms with Crippen LogP contribution in [0.1, 0.15) is 61.7 Å². The first-order chi connectivity index (χ1) is 13.2. The van der Waals surface area contributed by atoms with Crippen LogP contribution in [0, 0.1) is 11.3 Å². The van der Waals surface area contributed by atoms with Gasteiger partial charge in [0.05, 0.1) is 17.2 Å². The second-order valence-electron chi connectivity index (χ2n) is 8.34. The van der Waals surface area contributed by atoms with Gasteiger partial charge in [0.2, 0.25) is 5.91 Å². The third kappa shape index (κ3) is 2.87. The number of nitrogens with one attached hydrogen (secondary N) is 1. The first-order valence-corrected chi connectivity index (χ1v) is 9.91. The van der Waals surface area contributed by atoms with Gasteiger partial charge in [-0.05, 0) is 37.2 Å². The molecule has 2 aromatic rings. The summed E-state index contributed by atoms with van der Waals surface area (Å²) in [6, 6.07) is 10.3. The van der Waals surface area contributed by atoms with Crippen LogP contribution in [-0.4, -0.2) is 26.7 Å². The van der Waals surface area contributed by atoms with Crippen molar-refractivity contribution in [2.24, 2.45) is 11.3 Å². The summed E-state index contributed by atoms with van der Waals surface area (Å²) in [6.45, 7) is 0.590. The monoisotopic (exact) mass is 364 g/mol. The molecule has 1 amide bonds. The van der Waals surface area contributed by atoms with Crippen molar-refractivity contribution in [1.82, 2.24) is 20.3 Å². The number of fused-ring (bicyclic) bond motifs is 1. The van der Waals surface area contributed by atoms with Crippen molar-refractivity contribution in [1.29, 1.82) is 0 Å². The molecule has 140 valence electrons. The van der Waals surface area contributed by atoms with E-state index in [0.29, 0.717) is 43.0 Å². The zero-order chi connectivity index (χ0) is 18.4. The lowest BCUT2D eigenvalue weighted by Gasteiger charge is -2.33. The Morgan fingerprint density at radius 1 is 1.19 bits per heavy atom. The molecule has 0 radical (unpaired) electrons. The topological polar surface area (TPSA) is 76.9 Å². The van der Waals surface area contributed by atoms with E-state index in [4.69, 9.17) is 0 Å². The fourth-order valence-electron chi connectivity index (χ4n) is 4.89. The second kappa shape index (κ2) is 6.29. The lowest BCUT2D eigenvalue weighted by atomic mass is 9.79. The molecule has 3 aliphatic carbocycles. The molecule has 27 heavy (non-hydrogen) atoms. The van der Waals surface area contributed by atoms with Gasteiger partial charge in [-0.3, -0.25) is 9.59 Å². The molecule has 1 aromatic carbocycles. The number of nitrogens with zero attached hydrogens (tertiary/aromatic N) is 3. The van der Waals surface area contributed by atoms with E-state index in [0.717, 1.165) is 36.9 Å². The number of aromatic nitrogens is 3. The van der Waals surface area contributed by atoms with Gasteiger partial charge >= 0.3 is 0 Å². The number of Topliss-reactive ketones (excluding diaryl/α,β-unsaturated/α-hetero) is 1. The van der Waals surface area contributed by atoms with Gasteiger partial charge < -0.3 is 5.32 Å². The molecule has 3 saturated carbocycles. The lowest BCUT2D eigenvalue weighted by Crippen LogP contribution is -2.41. The van der Waals surface area contributed by atoms with Gasteiger partial charge in [-0.25, -0.2) is 4.68 Å². The zero-order valence-electron chi connectivity index (χ0n) is 15.3. The fourth-order valence-corrected chi connectivity index (χ4v) is 4.89. The zero-order valence-corrected chi connectivity index (χ0v) is 15.3.